The normalized spacial score (nSPS) is 16.9. The number of nitrogens with zero attached hydrogens (tertiary/aromatic N) is 3. The molecule has 0 saturated carbocycles. The summed E-state index contributed by atoms with van der Waals surface area (Å²) in [5, 5.41) is 0. The van der Waals surface area contributed by atoms with E-state index in [2.05, 4.69) is 14.9 Å². The van der Waals surface area contributed by atoms with E-state index in [-0.39, 0.29) is 0 Å². The molecule has 4 heteroatoms. The molecule has 1 aliphatic heterocycles. The third kappa shape index (κ3) is 4.89. The van der Waals surface area contributed by atoms with E-state index in [4.69, 9.17) is 5.73 Å². The summed E-state index contributed by atoms with van der Waals surface area (Å²) in [6.07, 6.45) is 8.96. The number of likely N-dealkylation sites (tertiary alicyclic amines) is 1. The van der Waals surface area contributed by atoms with Crippen molar-refractivity contribution in [1.29, 1.82) is 0 Å². The van der Waals surface area contributed by atoms with Gasteiger partial charge in [-0.1, -0.05) is 6.42 Å². The quantitative estimate of drug-likeness (QED) is 0.720. The van der Waals surface area contributed by atoms with Crippen LogP contribution in [0.15, 0.2) is 24.8 Å². The fraction of sp³-hybridized carbons (Fsp3) is 0.600. The fourth-order valence-electron chi connectivity index (χ4n) is 1.40. The monoisotopic (exact) mass is 194 g/mol. The average molecular weight is 194 g/mol. The van der Waals surface area contributed by atoms with Gasteiger partial charge in [-0.05, 0) is 32.0 Å². The van der Waals surface area contributed by atoms with Gasteiger partial charge in [-0.25, -0.2) is 9.97 Å². The van der Waals surface area contributed by atoms with Gasteiger partial charge in [0, 0.05) is 19.1 Å². The molecular weight excluding hydrogens is 176 g/mol. The molecular formula is C10H18N4. The van der Waals surface area contributed by atoms with Crippen LogP contribution in [-0.2, 0) is 0 Å². The summed E-state index contributed by atoms with van der Waals surface area (Å²) in [6.45, 7) is 3.19. The lowest BCUT2D eigenvalue weighted by atomic mass is 10.1. The summed E-state index contributed by atoms with van der Waals surface area (Å²) in [7, 11) is 0. The Balaban J connectivity index is 0.000000146. The third-order valence-corrected chi connectivity index (χ3v) is 2.18. The fourth-order valence-corrected chi connectivity index (χ4v) is 1.40. The first-order valence-electron chi connectivity index (χ1n) is 5.06. The van der Waals surface area contributed by atoms with Gasteiger partial charge < -0.3 is 5.73 Å². The van der Waals surface area contributed by atoms with E-state index in [9.17, 15) is 0 Å². The molecule has 1 aliphatic rings. The Bertz CT molecular complexity index is 182. The molecule has 0 aliphatic carbocycles. The number of hydrogen-bond donors (Lipinski definition) is 1. The molecule has 1 aromatic rings. The maximum absolute atomic E-state index is 5.43. The molecule has 0 bridgehead atoms. The second kappa shape index (κ2) is 7.41. The molecule has 14 heavy (non-hydrogen) atoms. The molecule has 0 unspecified atom stereocenters. The van der Waals surface area contributed by atoms with Gasteiger partial charge in [0.15, 0.2) is 0 Å². The van der Waals surface area contributed by atoms with Crippen molar-refractivity contribution >= 4 is 0 Å². The van der Waals surface area contributed by atoms with Crippen LogP contribution in [0.3, 0.4) is 0 Å². The van der Waals surface area contributed by atoms with E-state index in [1.54, 1.807) is 18.5 Å². The van der Waals surface area contributed by atoms with Gasteiger partial charge in [0.2, 0.25) is 0 Å². The van der Waals surface area contributed by atoms with Crippen LogP contribution in [-0.4, -0.2) is 34.6 Å². The highest BCUT2D eigenvalue weighted by Gasteiger charge is 2.05. The van der Waals surface area contributed by atoms with Crippen LogP contribution < -0.4 is 5.73 Å². The van der Waals surface area contributed by atoms with Crippen LogP contribution in [0.25, 0.3) is 0 Å². The first-order chi connectivity index (χ1) is 6.93. The molecule has 0 spiro atoms. The molecule has 1 fully saturated rings. The zero-order valence-corrected chi connectivity index (χ0v) is 8.47. The topological polar surface area (TPSA) is 55.0 Å². The molecule has 0 atom stereocenters. The molecule has 1 saturated heterocycles. The maximum atomic E-state index is 5.43. The van der Waals surface area contributed by atoms with Gasteiger partial charge in [-0.3, -0.25) is 4.90 Å². The Hall–Kier alpha value is -1.00. The second-order valence-corrected chi connectivity index (χ2v) is 3.27. The molecule has 2 heterocycles. The maximum Gasteiger partial charge on any atom is 0.115 e. The van der Waals surface area contributed by atoms with Crippen LogP contribution in [0.1, 0.15) is 19.3 Å². The minimum absolute atomic E-state index is 0.750. The van der Waals surface area contributed by atoms with E-state index in [0.717, 1.165) is 6.67 Å². The van der Waals surface area contributed by atoms with Crippen molar-refractivity contribution in [3.63, 3.8) is 0 Å². The van der Waals surface area contributed by atoms with E-state index in [1.807, 2.05) is 0 Å². The predicted molar refractivity (Wildman–Crippen MR) is 56.5 cm³/mol. The van der Waals surface area contributed by atoms with Crippen molar-refractivity contribution in [3.8, 4) is 0 Å². The summed E-state index contributed by atoms with van der Waals surface area (Å²) in [5.74, 6) is 0. The highest BCUT2D eigenvalue weighted by Crippen LogP contribution is 2.05. The SMILES string of the molecule is NCN1CCCCC1.c1cncnc1. The van der Waals surface area contributed by atoms with Gasteiger partial charge >= 0.3 is 0 Å². The molecule has 4 nitrogen and oxygen atoms in total. The van der Waals surface area contributed by atoms with Crippen molar-refractivity contribution in [2.75, 3.05) is 19.8 Å². The van der Waals surface area contributed by atoms with Crippen LogP contribution in [0, 0.1) is 0 Å². The van der Waals surface area contributed by atoms with E-state index in [0.29, 0.717) is 0 Å². The lowest BCUT2D eigenvalue weighted by molar-refractivity contribution is 0.235. The molecule has 0 aromatic carbocycles. The summed E-state index contributed by atoms with van der Waals surface area (Å²) in [4.78, 5) is 9.64. The summed E-state index contributed by atoms with van der Waals surface area (Å²) < 4.78 is 0. The van der Waals surface area contributed by atoms with Crippen molar-refractivity contribution in [2.24, 2.45) is 5.73 Å². The van der Waals surface area contributed by atoms with Gasteiger partial charge in [0.05, 0.1) is 0 Å². The van der Waals surface area contributed by atoms with Gasteiger partial charge in [0.25, 0.3) is 0 Å². The van der Waals surface area contributed by atoms with E-state index in [1.165, 1.54) is 38.7 Å². The standard InChI is InChI=1S/C6H14N2.C4H4N2/c7-6-8-4-2-1-3-5-8;1-2-5-4-6-3-1/h1-7H2;1-4H. The van der Waals surface area contributed by atoms with Crippen LogP contribution in [0.5, 0.6) is 0 Å². The third-order valence-electron chi connectivity index (χ3n) is 2.18. The van der Waals surface area contributed by atoms with E-state index < -0.39 is 0 Å². The molecule has 1 aromatic heterocycles. The van der Waals surface area contributed by atoms with E-state index >= 15 is 0 Å². The smallest absolute Gasteiger partial charge is 0.115 e. The first kappa shape index (κ1) is 11.1. The Labute approximate surface area is 85.2 Å². The zero-order chi connectivity index (χ0) is 10.1. The summed E-state index contributed by atoms with van der Waals surface area (Å²) >= 11 is 0. The number of piperidine rings is 1. The van der Waals surface area contributed by atoms with Gasteiger partial charge in [-0.15, -0.1) is 0 Å². The molecule has 2 rings (SSSR count). The highest BCUT2D eigenvalue weighted by atomic mass is 15.2. The lowest BCUT2D eigenvalue weighted by Crippen LogP contribution is -2.34. The largest absolute Gasteiger partial charge is 0.318 e. The number of rotatable bonds is 1. The summed E-state index contributed by atoms with van der Waals surface area (Å²) in [5.41, 5.74) is 5.43. The Morgan fingerprint density at radius 1 is 1.07 bits per heavy atom. The number of nitrogens with two attached hydrogens (primary N) is 1. The Morgan fingerprint density at radius 3 is 2.00 bits per heavy atom. The molecule has 2 N–H and O–H groups in total. The molecule has 0 radical (unpaired) electrons. The minimum Gasteiger partial charge on any atom is -0.318 e. The second-order valence-electron chi connectivity index (χ2n) is 3.27. The minimum atomic E-state index is 0.750. The van der Waals surface area contributed by atoms with Crippen molar-refractivity contribution < 1.29 is 0 Å². The Morgan fingerprint density at radius 2 is 1.71 bits per heavy atom. The Kier molecular flexibility index (Phi) is 5.86. The highest BCUT2D eigenvalue weighted by molar-refractivity contribution is 4.74. The van der Waals surface area contributed by atoms with Crippen molar-refractivity contribution in [2.45, 2.75) is 19.3 Å². The lowest BCUT2D eigenvalue weighted by Gasteiger charge is -2.23. The van der Waals surface area contributed by atoms with Crippen LogP contribution in [0.2, 0.25) is 0 Å². The van der Waals surface area contributed by atoms with Gasteiger partial charge in [-0.2, -0.15) is 0 Å². The first-order valence-corrected chi connectivity index (χ1v) is 5.06. The van der Waals surface area contributed by atoms with Crippen LogP contribution in [0.4, 0.5) is 0 Å². The van der Waals surface area contributed by atoms with Crippen molar-refractivity contribution in [3.05, 3.63) is 24.8 Å². The van der Waals surface area contributed by atoms with Gasteiger partial charge in [0.1, 0.15) is 6.33 Å². The van der Waals surface area contributed by atoms with Crippen LogP contribution >= 0.6 is 0 Å². The number of hydrogen-bond acceptors (Lipinski definition) is 4. The molecule has 0 amide bonds. The average Bonchev–Trinajstić information content (AvgIpc) is 2.33. The zero-order valence-electron chi connectivity index (χ0n) is 8.47. The number of aromatic nitrogens is 2. The predicted octanol–water partition coefficient (Wildman–Crippen LogP) is 0.865. The summed E-state index contributed by atoms with van der Waals surface area (Å²) in [6, 6.07) is 1.78. The van der Waals surface area contributed by atoms with Crippen molar-refractivity contribution in [1.82, 2.24) is 14.9 Å². The molecule has 78 valence electrons.